The average molecular weight is 293 g/mol. The van der Waals surface area contributed by atoms with Gasteiger partial charge in [0.1, 0.15) is 11.3 Å². The summed E-state index contributed by atoms with van der Waals surface area (Å²) in [6, 6.07) is 3.46. The van der Waals surface area contributed by atoms with Crippen molar-refractivity contribution in [3.8, 4) is 5.75 Å². The molecule has 0 aliphatic carbocycles. The molecule has 106 valence electrons. The highest BCUT2D eigenvalue weighted by Gasteiger charge is 2.16. The summed E-state index contributed by atoms with van der Waals surface area (Å²) in [6.07, 6.45) is 3.31. The second-order valence-electron chi connectivity index (χ2n) is 4.00. The van der Waals surface area contributed by atoms with Gasteiger partial charge in [0.25, 0.3) is 0 Å². The molecule has 5 nitrogen and oxygen atoms in total. The minimum atomic E-state index is -0.621. The van der Waals surface area contributed by atoms with Gasteiger partial charge >= 0.3 is 5.97 Å². The van der Waals surface area contributed by atoms with E-state index in [0.29, 0.717) is 16.7 Å². The standard InChI is InChI=1S/C14H15NO4S/c1-4-19-14(17)10-7-15-12-9(13(10)16)5-8(18-2)6-11(12)20-3/h5-7H,4H2,1-3H3,(H,15,16). The van der Waals surface area contributed by atoms with E-state index in [0.717, 1.165) is 4.90 Å². The van der Waals surface area contributed by atoms with Crippen molar-refractivity contribution in [3.05, 3.63) is 34.1 Å². The molecule has 1 N–H and O–H groups in total. The van der Waals surface area contributed by atoms with Crippen molar-refractivity contribution in [3.63, 3.8) is 0 Å². The van der Waals surface area contributed by atoms with Crippen LogP contribution in [0.25, 0.3) is 10.9 Å². The molecular weight excluding hydrogens is 278 g/mol. The number of nitrogens with one attached hydrogen (secondary N) is 1. The van der Waals surface area contributed by atoms with Gasteiger partial charge in [-0.3, -0.25) is 4.79 Å². The van der Waals surface area contributed by atoms with Crippen molar-refractivity contribution in [2.24, 2.45) is 0 Å². The van der Waals surface area contributed by atoms with Crippen molar-refractivity contribution in [2.75, 3.05) is 20.0 Å². The zero-order valence-electron chi connectivity index (χ0n) is 11.5. The lowest BCUT2D eigenvalue weighted by Crippen LogP contribution is -2.18. The number of rotatable bonds is 4. The zero-order chi connectivity index (χ0) is 14.7. The summed E-state index contributed by atoms with van der Waals surface area (Å²) >= 11 is 1.49. The molecule has 6 heteroatoms. The van der Waals surface area contributed by atoms with Crippen LogP contribution in [0.2, 0.25) is 0 Å². The van der Waals surface area contributed by atoms with E-state index in [1.54, 1.807) is 13.0 Å². The van der Waals surface area contributed by atoms with Gasteiger partial charge in [-0.2, -0.15) is 0 Å². The summed E-state index contributed by atoms with van der Waals surface area (Å²) in [6.45, 7) is 1.92. The van der Waals surface area contributed by atoms with Gasteiger partial charge in [0.05, 0.1) is 24.6 Å². The van der Waals surface area contributed by atoms with E-state index in [9.17, 15) is 9.59 Å². The van der Waals surface area contributed by atoms with Crippen LogP contribution in [0, 0.1) is 0 Å². The maximum absolute atomic E-state index is 12.4. The lowest BCUT2D eigenvalue weighted by Gasteiger charge is -2.09. The highest BCUT2D eigenvalue weighted by molar-refractivity contribution is 7.98. The van der Waals surface area contributed by atoms with E-state index in [4.69, 9.17) is 9.47 Å². The molecule has 0 saturated heterocycles. The van der Waals surface area contributed by atoms with E-state index in [1.165, 1.54) is 25.1 Å². The van der Waals surface area contributed by atoms with E-state index >= 15 is 0 Å². The van der Waals surface area contributed by atoms with Crippen LogP contribution in [0.5, 0.6) is 5.75 Å². The third-order valence-electron chi connectivity index (χ3n) is 2.88. The second kappa shape index (κ2) is 6.00. The van der Waals surface area contributed by atoms with Gasteiger partial charge in [-0.15, -0.1) is 11.8 Å². The molecule has 20 heavy (non-hydrogen) atoms. The summed E-state index contributed by atoms with van der Waals surface area (Å²) < 4.78 is 10.1. The Morgan fingerprint density at radius 1 is 1.40 bits per heavy atom. The number of ether oxygens (including phenoxy) is 2. The molecule has 1 aromatic carbocycles. The molecule has 0 atom stereocenters. The molecule has 0 spiro atoms. The first-order chi connectivity index (χ1) is 9.62. The predicted octanol–water partition coefficient (Wildman–Crippen LogP) is 2.44. The Labute approximate surface area is 120 Å². The van der Waals surface area contributed by atoms with Gasteiger partial charge in [0.15, 0.2) is 0 Å². The Kier molecular flexibility index (Phi) is 4.34. The van der Waals surface area contributed by atoms with Crippen LogP contribution in [0.1, 0.15) is 17.3 Å². The topological polar surface area (TPSA) is 68.4 Å². The largest absolute Gasteiger partial charge is 0.497 e. The van der Waals surface area contributed by atoms with Gasteiger partial charge < -0.3 is 14.5 Å². The van der Waals surface area contributed by atoms with Gasteiger partial charge in [0, 0.05) is 11.1 Å². The van der Waals surface area contributed by atoms with Gasteiger partial charge in [-0.1, -0.05) is 0 Å². The summed E-state index contributed by atoms with van der Waals surface area (Å²) in [4.78, 5) is 28.0. The Hall–Kier alpha value is -1.95. The van der Waals surface area contributed by atoms with Gasteiger partial charge in [0.2, 0.25) is 5.43 Å². The van der Waals surface area contributed by atoms with Crippen LogP contribution in [0.15, 0.2) is 28.0 Å². The van der Waals surface area contributed by atoms with Crippen LogP contribution in [-0.2, 0) is 4.74 Å². The Bertz CT molecular complexity index is 708. The highest BCUT2D eigenvalue weighted by Crippen LogP contribution is 2.28. The Morgan fingerprint density at radius 3 is 2.75 bits per heavy atom. The molecule has 0 aliphatic heterocycles. The first-order valence-electron chi connectivity index (χ1n) is 6.06. The molecular formula is C14H15NO4S. The Balaban J connectivity index is 2.71. The quantitative estimate of drug-likeness (QED) is 0.692. The number of carbonyl (C=O) groups excluding carboxylic acids is 1. The summed E-state index contributed by atoms with van der Waals surface area (Å²) in [5.41, 5.74) is 0.336. The third kappa shape index (κ3) is 2.51. The number of carbonyl (C=O) groups is 1. The number of esters is 1. The molecule has 0 bridgehead atoms. The molecule has 0 saturated carbocycles. The SMILES string of the molecule is CCOC(=O)c1c[nH]c2c(SC)cc(OC)cc2c1=O. The van der Waals surface area contributed by atoms with E-state index in [-0.39, 0.29) is 17.6 Å². The lowest BCUT2D eigenvalue weighted by atomic mass is 10.1. The summed E-state index contributed by atoms with van der Waals surface area (Å²) in [5.74, 6) is -0.0440. The third-order valence-corrected chi connectivity index (χ3v) is 3.64. The van der Waals surface area contributed by atoms with Crippen molar-refractivity contribution < 1.29 is 14.3 Å². The highest BCUT2D eigenvalue weighted by atomic mass is 32.2. The number of hydrogen-bond donors (Lipinski definition) is 1. The van der Waals surface area contributed by atoms with E-state index in [1.807, 2.05) is 12.3 Å². The number of benzene rings is 1. The molecule has 1 aromatic heterocycles. The fourth-order valence-electron chi connectivity index (χ4n) is 1.91. The fourth-order valence-corrected chi connectivity index (χ4v) is 2.52. The first kappa shape index (κ1) is 14.5. The van der Waals surface area contributed by atoms with Gasteiger partial charge in [-0.25, -0.2) is 4.79 Å². The van der Waals surface area contributed by atoms with E-state index < -0.39 is 5.97 Å². The van der Waals surface area contributed by atoms with Crippen LogP contribution >= 0.6 is 11.8 Å². The van der Waals surface area contributed by atoms with Crippen LogP contribution in [0.3, 0.4) is 0 Å². The minimum Gasteiger partial charge on any atom is -0.497 e. The Morgan fingerprint density at radius 2 is 2.15 bits per heavy atom. The number of thioether (sulfide) groups is 1. The number of pyridine rings is 1. The minimum absolute atomic E-state index is 0.000318. The number of aromatic amines is 1. The van der Waals surface area contributed by atoms with Crippen LogP contribution < -0.4 is 10.2 Å². The normalized spacial score (nSPS) is 10.6. The number of H-pyrrole nitrogens is 1. The maximum atomic E-state index is 12.4. The number of fused-ring (bicyclic) bond motifs is 1. The predicted molar refractivity (Wildman–Crippen MR) is 78.9 cm³/mol. The molecule has 0 fully saturated rings. The van der Waals surface area contributed by atoms with Crippen LogP contribution in [0.4, 0.5) is 0 Å². The first-order valence-corrected chi connectivity index (χ1v) is 7.29. The lowest BCUT2D eigenvalue weighted by molar-refractivity contribution is 0.0524. The number of aromatic nitrogens is 1. The average Bonchev–Trinajstić information content (AvgIpc) is 2.46. The maximum Gasteiger partial charge on any atom is 0.343 e. The number of hydrogen-bond acceptors (Lipinski definition) is 5. The molecule has 1 heterocycles. The molecule has 0 unspecified atom stereocenters. The smallest absolute Gasteiger partial charge is 0.343 e. The monoisotopic (exact) mass is 293 g/mol. The van der Waals surface area contributed by atoms with E-state index in [2.05, 4.69) is 4.98 Å². The van der Waals surface area contributed by atoms with Crippen molar-refractivity contribution in [1.29, 1.82) is 0 Å². The van der Waals surface area contributed by atoms with Crippen molar-refractivity contribution in [2.45, 2.75) is 11.8 Å². The molecule has 2 aromatic rings. The van der Waals surface area contributed by atoms with Gasteiger partial charge in [-0.05, 0) is 25.3 Å². The van der Waals surface area contributed by atoms with Crippen molar-refractivity contribution >= 4 is 28.6 Å². The fraction of sp³-hybridized carbons (Fsp3) is 0.286. The van der Waals surface area contributed by atoms with Crippen LogP contribution in [-0.4, -0.2) is 30.9 Å². The molecule has 0 amide bonds. The number of methoxy groups -OCH3 is 1. The molecule has 2 rings (SSSR count). The summed E-state index contributed by atoms with van der Waals surface area (Å²) in [5, 5.41) is 0.416. The summed E-state index contributed by atoms with van der Waals surface area (Å²) in [7, 11) is 1.54. The molecule has 0 aliphatic rings. The molecule has 0 radical (unpaired) electrons. The van der Waals surface area contributed by atoms with Crippen molar-refractivity contribution in [1.82, 2.24) is 4.98 Å². The second-order valence-corrected chi connectivity index (χ2v) is 4.85. The zero-order valence-corrected chi connectivity index (χ0v) is 12.3.